The lowest BCUT2D eigenvalue weighted by atomic mass is 10.4. The Balaban J connectivity index is 2.90. The Kier molecular flexibility index (Phi) is 1.79. The van der Waals surface area contributed by atoms with Crippen LogP contribution < -0.4 is 0 Å². The van der Waals surface area contributed by atoms with E-state index in [9.17, 15) is 18.9 Å². The van der Waals surface area contributed by atoms with Gasteiger partial charge in [-0.3, -0.25) is 0 Å². The maximum Gasteiger partial charge on any atom is 0.390 e. The third kappa shape index (κ3) is 1.48. The third-order valence-electron chi connectivity index (χ3n) is 1.01. The van der Waals surface area contributed by atoms with Gasteiger partial charge >= 0.3 is 5.82 Å². The van der Waals surface area contributed by atoms with E-state index in [2.05, 4.69) is 5.10 Å². The first-order chi connectivity index (χ1) is 5.11. The number of rotatable bonds is 2. The van der Waals surface area contributed by atoms with Crippen molar-refractivity contribution in [3.8, 4) is 0 Å². The van der Waals surface area contributed by atoms with Crippen LogP contribution in [-0.4, -0.2) is 15.1 Å². The summed E-state index contributed by atoms with van der Waals surface area (Å²) in [6, 6.07) is 0.699. The average Bonchev–Trinajstić information content (AvgIpc) is 2.33. The van der Waals surface area contributed by atoms with Gasteiger partial charge in [-0.2, -0.15) is 5.10 Å². The highest BCUT2D eigenvalue weighted by Gasteiger charge is 2.17. The van der Waals surface area contributed by atoms with Crippen LogP contribution in [0.4, 0.5) is 14.6 Å². The first-order valence-corrected chi connectivity index (χ1v) is 2.59. The standard InChI is InChI=1S/C4H3F2N3O2/c5-4(6)2-1-3(8-7-2)9(10)11/h1,4H,(H,7,8). The molecule has 1 aromatic rings. The molecule has 60 valence electrons. The molecule has 0 aromatic carbocycles. The largest absolute Gasteiger partial charge is 0.390 e. The molecule has 0 spiro atoms. The molecule has 0 amide bonds. The Morgan fingerprint density at radius 2 is 2.36 bits per heavy atom. The highest BCUT2D eigenvalue weighted by atomic mass is 19.3. The molecule has 1 heterocycles. The monoisotopic (exact) mass is 163 g/mol. The predicted octanol–water partition coefficient (Wildman–Crippen LogP) is 1.26. The van der Waals surface area contributed by atoms with Gasteiger partial charge in [-0.1, -0.05) is 0 Å². The first-order valence-electron chi connectivity index (χ1n) is 2.59. The number of hydrogen-bond acceptors (Lipinski definition) is 3. The van der Waals surface area contributed by atoms with Crippen LogP contribution in [0.15, 0.2) is 6.07 Å². The van der Waals surface area contributed by atoms with Gasteiger partial charge in [0.1, 0.15) is 5.69 Å². The highest BCUT2D eigenvalue weighted by molar-refractivity contribution is 5.20. The van der Waals surface area contributed by atoms with E-state index in [-0.39, 0.29) is 0 Å². The van der Waals surface area contributed by atoms with Crippen molar-refractivity contribution >= 4 is 5.82 Å². The van der Waals surface area contributed by atoms with Crippen LogP contribution in [0.25, 0.3) is 0 Å². The second-order valence-electron chi connectivity index (χ2n) is 1.74. The number of aromatic nitrogens is 2. The van der Waals surface area contributed by atoms with Crippen LogP contribution in [0.3, 0.4) is 0 Å². The topological polar surface area (TPSA) is 71.8 Å². The zero-order valence-electron chi connectivity index (χ0n) is 5.12. The molecule has 0 aliphatic carbocycles. The van der Waals surface area contributed by atoms with Gasteiger partial charge in [-0.05, 0) is 4.92 Å². The maximum absolute atomic E-state index is 11.7. The molecular formula is C4H3F2N3O2. The fraction of sp³-hybridized carbons (Fsp3) is 0.250. The van der Waals surface area contributed by atoms with E-state index in [1.54, 1.807) is 0 Å². The fourth-order valence-electron chi connectivity index (χ4n) is 0.531. The molecule has 1 N–H and O–H groups in total. The van der Waals surface area contributed by atoms with Crippen LogP contribution in [0, 0.1) is 10.1 Å². The number of alkyl halides is 2. The van der Waals surface area contributed by atoms with Crippen LogP contribution in [0.1, 0.15) is 12.1 Å². The molecule has 5 nitrogen and oxygen atoms in total. The Morgan fingerprint density at radius 1 is 1.73 bits per heavy atom. The van der Waals surface area contributed by atoms with Gasteiger partial charge in [-0.15, -0.1) is 0 Å². The summed E-state index contributed by atoms with van der Waals surface area (Å²) in [5.41, 5.74) is -0.545. The summed E-state index contributed by atoms with van der Waals surface area (Å²) in [6.07, 6.45) is -2.75. The lowest BCUT2D eigenvalue weighted by Gasteiger charge is -1.86. The van der Waals surface area contributed by atoms with Gasteiger partial charge in [0.2, 0.25) is 0 Å². The van der Waals surface area contributed by atoms with Crippen molar-refractivity contribution in [2.45, 2.75) is 6.43 Å². The lowest BCUT2D eigenvalue weighted by Crippen LogP contribution is -1.86. The van der Waals surface area contributed by atoms with Crippen molar-refractivity contribution in [1.82, 2.24) is 10.2 Å². The molecule has 0 aliphatic rings. The van der Waals surface area contributed by atoms with Gasteiger partial charge in [-0.25, -0.2) is 8.78 Å². The summed E-state index contributed by atoms with van der Waals surface area (Å²) in [7, 11) is 0. The quantitative estimate of drug-likeness (QED) is 0.526. The van der Waals surface area contributed by atoms with E-state index < -0.39 is 22.9 Å². The van der Waals surface area contributed by atoms with Crippen LogP contribution in [-0.2, 0) is 0 Å². The first kappa shape index (κ1) is 7.58. The van der Waals surface area contributed by atoms with Crippen molar-refractivity contribution in [1.29, 1.82) is 0 Å². The van der Waals surface area contributed by atoms with Crippen molar-refractivity contribution < 1.29 is 13.7 Å². The van der Waals surface area contributed by atoms with Gasteiger partial charge in [0, 0.05) is 0 Å². The molecule has 0 atom stereocenters. The average molecular weight is 163 g/mol. The van der Waals surface area contributed by atoms with E-state index in [0.29, 0.717) is 6.07 Å². The van der Waals surface area contributed by atoms with Crippen molar-refractivity contribution in [2.24, 2.45) is 0 Å². The van der Waals surface area contributed by atoms with E-state index in [4.69, 9.17) is 0 Å². The summed E-state index contributed by atoms with van der Waals surface area (Å²) in [4.78, 5) is 9.07. The van der Waals surface area contributed by atoms with Gasteiger partial charge in [0.15, 0.2) is 0 Å². The molecule has 0 aliphatic heterocycles. The number of nitro groups is 1. The molecule has 0 fully saturated rings. The smallest absolute Gasteiger partial charge is 0.358 e. The van der Waals surface area contributed by atoms with E-state index in [1.165, 1.54) is 0 Å². The van der Waals surface area contributed by atoms with Gasteiger partial charge in [0.25, 0.3) is 6.43 Å². The number of H-pyrrole nitrogens is 1. The molecule has 0 bridgehead atoms. The normalized spacial score (nSPS) is 10.5. The van der Waals surface area contributed by atoms with Crippen molar-refractivity contribution in [2.75, 3.05) is 0 Å². The Morgan fingerprint density at radius 3 is 2.64 bits per heavy atom. The molecule has 0 radical (unpaired) electrons. The van der Waals surface area contributed by atoms with E-state index in [1.807, 2.05) is 5.10 Å². The molecule has 0 saturated carbocycles. The van der Waals surface area contributed by atoms with Crippen LogP contribution in [0.2, 0.25) is 0 Å². The fourth-order valence-corrected chi connectivity index (χ4v) is 0.531. The van der Waals surface area contributed by atoms with Crippen LogP contribution in [0.5, 0.6) is 0 Å². The minimum absolute atomic E-state index is 0.545. The second kappa shape index (κ2) is 2.60. The number of halogens is 2. The molecule has 1 rings (SSSR count). The lowest BCUT2D eigenvalue weighted by molar-refractivity contribution is -0.389. The van der Waals surface area contributed by atoms with Crippen LogP contribution >= 0.6 is 0 Å². The maximum atomic E-state index is 11.7. The van der Waals surface area contributed by atoms with Gasteiger partial charge in [0.05, 0.1) is 11.2 Å². The molecule has 1 aromatic heterocycles. The summed E-state index contributed by atoms with van der Waals surface area (Å²) in [5, 5.41) is 14.8. The van der Waals surface area contributed by atoms with Gasteiger partial charge < -0.3 is 10.1 Å². The minimum atomic E-state index is -2.75. The number of nitrogens with zero attached hydrogens (tertiary/aromatic N) is 2. The molecule has 11 heavy (non-hydrogen) atoms. The third-order valence-corrected chi connectivity index (χ3v) is 1.01. The highest BCUT2D eigenvalue weighted by Crippen LogP contribution is 2.19. The molecular weight excluding hydrogens is 160 g/mol. The zero-order valence-corrected chi connectivity index (χ0v) is 5.12. The number of nitrogens with one attached hydrogen (secondary N) is 1. The number of hydrogen-bond donors (Lipinski definition) is 1. The number of aromatic amines is 1. The zero-order chi connectivity index (χ0) is 8.43. The summed E-state index contributed by atoms with van der Waals surface area (Å²) in [6.45, 7) is 0. The second-order valence-corrected chi connectivity index (χ2v) is 1.74. The summed E-state index contributed by atoms with van der Waals surface area (Å²) >= 11 is 0. The molecule has 0 unspecified atom stereocenters. The Labute approximate surface area is 59.2 Å². The Hall–Kier alpha value is -1.53. The molecule has 0 saturated heterocycles. The summed E-state index contributed by atoms with van der Waals surface area (Å²) in [5.74, 6) is -0.597. The molecule has 7 heteroatoms. The SMILES string of the molecule is O=[N+]([O-])c1cc(C(F)F)[nH]n1. The minimum Gasteiger partial charge on any atom is -0.358 e. The summed E-state index contributed by atoms with van der Waals surface area (Å²) < 4.78 is 23.5. The van der Waals surface area contributed by atoms with Crippen molar-refractivity contribution in [3.63, 3.8) is 0 Å². The van der Waals surface area contributed by atoms with E-state index >= 15 is 0 Å². The predicted molar refractivity (Wildman–Crippen MR) is 30.2 cm³/mol. The Bertz CT molecular complexity index is 272. The van der Waals surface area contributed by atoms with E-state index in [0.717, 1.165) is 0 Å². The van der Waals surface area contributed by atoms with Crippen molar-refractivity contribution in [3.05, 3.63) is 21.9 Å².